The summed E-state index contributed by atoms with van der Waals surface area (Å²) in [4.78, 5) is 16.3. The van der Waals surface area contributed by atoms with Gasteiger partial charge in [0.1, 0.15) is 11.6 Å². The summed E-state index contributed by atoms with van der Waals surface area (Å²) in [7, 11) is 0. The van der Waals surface area contributed by atoms with Crippen LogP contribution in [0.5, 0.6) is 0 Å². The topological polar surface area (TPSA) is 48.7 Å². The lowest BCUT2D eigenvalue weighted by Crippen LogP contribution is -2.50. The van der Waals surface area contributed by atoms with Gasteiger partial charge in [-0.3, -0.25) is 9.69 Å². The molecule has 1 aromatic carbocycles. The molecule has 0 aliphatic carbocycles. The SMILES string of the molecule is CC(C)C(=O)NC[C@H](c1ccco1)N1CCN(c2ccccc2F)CC1. The normalized spacial score (nSPS) is 16.7. The molecule has 140 valence electrons. The third kappa shape index (κ3) is 4.25. The van der Waals surface area contributed by atoms with Gasteiger partial charge in [0.25, 0.3) is 0 Å². The Morgan fingerprint density at radius 3 is 2.50 bits per heavy atom. The minimum atomic E-state index is -0.187. The third-order valence-corrected chi connectivity index (χ3v) is 4.81. The molecule has 0 radical (unpaired) electrons. The first-order valence-corrected chi connectivity index (χ1v) is 9.11. The predicted octanol–water partition coefficient (Wildman–Crippen LogP) is 3.05. The van der Waals surface area contributed by atoms with E-state index in [-0.39, 0.29) is 23.7 Å². The summed E-state index contributed by atoms with van der Waals surface area (Å²) >= 11 is 0. The molecule has 0 bridgehead atoms. The maximum Gasteiger partial charge on any atom is 0.222 e. The lowest BCUT2D eigenvalue weighted by atomic mass is 10.1. The number of benzene rings is 1. The van der Waals surface area contributed by atoms with Crippen molar-refractivity contribution >= 4 is 11.6 Å². The van der Waals surface area contributed by atoms with Crippen LogP contribution in [-0.4, -0.2) is 43.5 Å². The van der Waals surface area contributed by atoms with E-state index in [1.54, 1.807) is 12.3 Å². The van der Waals surface area contributed by atoms with Crippen molar-refractivity contribution in [2.45, 2.75) is 19.9 Å². The van der Waals surface area contributed by atoms with E-state index in [1.165, 1.54) is 6.07 Å². The van der Waals surface area contributed by atoms with Crippen LogP contribution in [-0.2, 0) is 4.79 Å². The first-order chi connectivity index (χ1) is 12.6. The summed E-state index contributed by atoms with van der Waals surface area (Å²) in [5, 5.41) is 3.01. The van der Waals surface area contributed by atoms with Gasteiger partial charge < -0.3 is 14.6 Å². The number of anilines is 1. The molecule has 3 rings (SSSR count). The number of hydrogen-bond acceptors (Lipinski definition) is 4. The minimum Gasteiger partial charge on any atom is -0.468 e. The number of amides is 1. The van der Waals surface area contributed by atoms with E-state index in [9.17, 15) is 9.18 Å². The number of carbonyl (C=O) groups excluding carboxylic acids is 1. The summed E-state index contributed by atoms with van der Waals surface area (Å²) in [6.45, 7) is 7.28. The van der Waals surface area contributed by atoms with Crippen molar-refractivity contribution in [1.82, 2.24) is 10.2 Å². The lowest BCUT2D eigenvalue weighted by molar-refractivity contribution is -0.124. The largest absolute Gasteiger partial charge is 0.468 e. The predicted molar refractivity (Wildman–Crippen MR) is 99.5 cm³/mol. The molecule has 1 aliphatic heterocycles. The van der Waals surface area contributed by atoms with Gasteiger partial charge in [-0.1, -0.05) is 26.0 Å². The zero-order valence-corrected chi connectivity index (χ0v) is 15.3. The van der Waals surface area contributed by atoms with Crippen molar-refractivity contribution in [3.8, 4) is 0 Å². The van der Waals surface area contributed by atoms with Gasteiger partial charge in [0.2, 0.25) is 5.91 Å². The zero-order valence-electron chi connectivity index (χ0n) is 15.3. The van der Waals surface area contributed by atoms with Gasteiger partial charge in [-0.15, -0.1) is 0 Å². The van der Waals surface area contributed by atoms with Crippen molar-refractivity contribution in [3.63, 3.8) is 0 Å². The molecule has 2 heterocycles. The summed E-state index contributed by atoms with van der Waals surface area (Å²) in [6.07, 6.45) is 1.65. The molecule has 1 aromatic heterocycles. The molecule has 5 nitrogen and oxygen atoms in total. The summed E-state index contributed by atoms with van der Waals surface area (Å²) < 4.78 is 19.6. The number of piperazine rings is 1. The number of carbonyl (C=O) groups is 1. The first-order valence-electron chi connectivity index (χ1n) is 9.11. The second-order valence-electron chi connectivity index (χ2n) is 6.91. The van der Waals surface area contributed by atoms with Crippen LogP contribution in [0.4, 0.5) is 10.1 Å². The first kappa shape index (κ1) is 18.5. The second kappa shape index (κ2) is 8.36. The fourth-order valence-corrected chi connectivity index (χ4v) is 3.27. The molecule has 1 saturated heterocycles. The van der Waals surface area contributed by atoms with Gasteiger partial charge >= 0.3 is 0 Å². The molecule has 0 spiro atoms. The highest BCUT2D eigenvalue weighted by Crippen LogP contribution is 2.25. The van der Waals surface area contributed by atoms with E-state index >= 15 is 0 Å². The Morgan fingerprint density at radius 2 is 1.88 bits per heavy atom. The van der Waals surface area contributed by atoms with Crippen molar-refractivity contribution < 1.29 is 13.6 Å². The van der Waals surface area contributed by atoms with Crippen molar-refractivity contribution in [2.24, 2.45) is 5.92 Å². The van der Waals surface area contributed by atoms with Crippen LogP contribution in [0.2, 0.25) is 0 Å². The third-order valence-electron chi connectivity index (χ3n) is 4.81. The molecule has 0 saturated carbocycles. The number of para-hydroxylation sites is 1. The molecule has 1 aliphatic rings. The van der Waals surface area contributed by atoms with Crippen LogP contribution in [0.25, 0.3) is 0 Å². The molecular weight excluding hydrogens is 333 g/mol. The average Bonchev–Trinajstić information content (AvgIpc) is 3.17. The number of rotatable bonds is 6. The van der Waals surface area contributed by atoms with Gasteiger partial charge in [0.15, 0.2) is 0 Å². The minimum absolute atomic E-state index is 0.0181. The van der Waals surface area contributed by atoms with E-state index in [0.717, 1.165) is 31.9 Å². The Labute approximate surface area is 153 Å². The van der Waals surface area contributed by atoms with Crippen LogP contribution in [0.1, 0.15) is 25.6 Å². The van der Waals surface area contributed by atoms with E-state index in [0.29, 0.717) is 12.2 Å². The number of nitrogens with zero attached hydrogens (tertiary/aromatic N) is 2. The zero-order chi connectivity index (χ0) is 18.5. The quantitative estimate of drug-likeness (QED) is 0.861. The molecule has 1 N–H and O–H groups in total. The van der Waals surface area contributed by atoms with E-state index in [2.05, 4.69) is 15.1 Å². The monoisotopic (exact) mass is 359 g/mol. The second-order valence-corrected chi connectivity index (χ2v) is 6.91. The molecular formula is C20H26FN3O2. The Hall–Kier alpha value is -2.34. The summed E-state index contributed by atoms with van der Waals surface area (Å²) in [5.41, 5.74) is 0.648. The Kier molecular flexibility index (Phi) is 5.93. The maximum atomic E-state index is 14.0. The van der Waals surface area contributed by atoms with Gasteiger partial charge in [-0.2, -0.15) is 0 Å². The highest BCUT2D eigenvalue weighted by molar-refractivity contribution is 5.77. The fraction of sp³-hybridized carbons (Fsp3) is 0.450. The van der Waals surface area contributed by atoms with Crippen molar-refractivity contribution in [3.05, 3.63) is 54.2 Å². The van der Waals surface area contributed by atoms with E-state index in [1.807, 2.05) is 38.1 Å². The maximum absolute atomic E-state index is 14.0. The Balaban J connectivity index is 1.65. The molecule has 1 amide bonds. The molecule has 1 fully saturated rings. The number of nitrogens with one attached hydrogen (secondary N) is 1. The average molecular weight is 359 g/mol. The number of hydrogen-bond donors (Lipinski definition) is 1. The van der Waals surface area contributed by atoms with Crippen LogP contribution in [0, 0.1) is 11.7 Å². The Morgan fingerprint density at radius 1 is 1.15 bits per heavy atom. The number of halogens is 1. The molecule has 6 heteroatoms. The van der Waals surface area contributed by atoms with Crippen LogP contribution in [0.15, 0.2) is 47.1 Å². The lowest BCUT2D eigenvalue weighted by Gasteiger charge is -2.39. The van der Waals surface area contributed by atoms with Gasteiger partial charge in [-0.25, -0.2) is 4.39 Å². The highest BCUT2D eigenvalue weighted by atomic mass is 19.1. The fourth-order valence-electron chi connectivity index (χ4n) is 3.27. The molecule has 1 atom stereocenters. The van der Waals surface area contributed by atoms with Gasteiger partial charge in [0, 0.05) is 38.6 Å². The van der Waals surface area contributed by atoms with E-state index in [4.69, 9.17) is 4.42 Å². The van der Waals surface area contributed by atoms with E-state index < -0.39 is 0 Å². The van der Waals surface area contributed by atoms with Gasteiger partial charge in [-0.05, 0) is 24.3 Å². The molecule has 2 aromatic rings. The van der Waals surface area contributed by atoms with Gasteiger partial charge in [0.05, 0.1) is 18.0 Å². The van der Waals surface area contributed by atoms with Crippen molar-refractivity contribution in [2.75, 3.05) is 37.6 Å². The van der Waals surface area contributed by atoms with Crippen molar-refractivity contribution in [1.29, 1.82) is 0 Å². The highest BCUT2D eigenvalue weighted by Gasteiger charge is 2.28. The molecule has 0 unspecified atom stereocenters. The molecule has 26 heavy (non-hydrogen) atoms. The van der Waals surface area contributed by atoms with Crippen LogP contribution in [0.3, 0.4) is 0 Å². The standard InChI is InChI=1S/C20H26FN3O2/c1-15(2)20(25)22-14-18(19-8-5-13-26-19)24-11-9-23(10-12-24)17-7-4-3-6-16(17)21/h3-8,13,15,18H,9-12,14H2,1-2H3,(H,22,25)/t18-/m1/s1. The Bertz CT molecular complexity index is 710. The summed E-state index contributed by atoms with van der Waals surface area (Å²) in [5.74, 6) is 0.637. The summed E-state index contributed by atoms with van der Waals surface area (Å²) in [6, 6.07) is 10.7. The smallest absolute Gasteiger partial charge is 0.222 e. The number of furan rings is 1. The van der Waals surface area contributed by atoms with Crippen LogP contribution < -0.4 is 10.2 Å². The van der Waals surface area contributed by atoms with Crippen LogP contribution >= 0.6 is 0 Å².